The van der Waals surface area contributed by atoms with Crippen LogP contribution in [0.3, 0.4) is 0 Å². The van der Waals surface area contributed by atoms with Gasteiger partial charge in [0.15, 0.2) is 5.17 Å². The van der Waals surface area contributed by atoms with Gasteiger partial charge in [-0.15, -0.1) is 0 Å². The average Bonchev–Trinajstić information content (AvgIpc) is 2.54. The van der Waals surface area contributed by atoms with Gasteiger partial charge in [0.25, 0.3) is 0 Å². The molecule has 0 aliphatic heterocycles. The number of rotatable bonds is 7. The molecule has 2 rings (SSSR count). The minimum Gasteiger partial charge on any atom is -0.494 e. The second kappa shape index (κ2) is 9.47. The van der Waals surface area contributed by atoms with Crippen molar-refractivity contribution in [1.82, 2.24) is 0 Å². The molecule has 0 bridgehead atoms. The summed E-state index contributed by atoms with van der Waals surface area (Å²) in [6, 6.07) is 15.3. The predicted octanol–water partition coefficient (Wildman–Crippen LogP) is 4.61. The van der Waals surface area contributed by atoms with Crippen LogP contribution in [0.15, 0.2) is 58.0 Å². The van der Waals surface area contributed by atoms with Gasteiger partial charge in [-0.3, -0.25) is 0 Å². The van der Waals surface area contributed by atoms with Crippen molar-refractivity contribution in [2.45, 2.75) is 6.92 Å². The van der Waals surface area contributed by atoms with E-state index in [1.807, 2.05) is 55.5 Å². The molecule has 0 aromatic heterocycles. The molecule has 0 fully saturated rings. The first kappa shape index (κ1) is 17.7. The van der Waals surface area contributed by atoms with Crippen LogP contribution in [0.1, 0.15) is 6.92 Å². The van der Waals surface area contributed by atoms with Crippen molar-refractivity contribution in [2.75, 3.05) is 19.0 Å². The molecule has 0 aliphatic rings. The molecule has 0 unspecified atom stereocenters. The molecule has 4 nitrogen and oxygen atoms in total. The van der Waals surface area contributed by atoms with E-state index < -0.39 is 0 Å². The number of benzene rings is 2. The lowest BCUT2D eigenvalue weighted by molar-refractivity contribution is 0.340. The number of hydrogen-bond acceptors (Lipinski definition) is 4. The first-order chi connectivity index (χ1) is 11.2. The number of aliphatic imine (C=N–C) groups is 1. The fourth-order valence-corrected chi connectivity index (χ4v) is 2.73. The summed E-state index contributed by atoms with van der Waals surface area (Å²) in [5, 5.41) is 0.520. The third kappa shape index (κ3) is 6.54. The smallest absolute Gasteiger partial charge is 0.159 e. The summed E-state index contributed by atoms with van der Waals surface area (Å²) in [5.41, 5.74) is 6.74. The highest BCUT2D eigenvalue weighted by Crippen LogP contribution is 2.20. The quantitative estimate of drug-likeness (QED) is 0.423. The van der Waals surface area contributed by atoms with Crippen LogP contribution in [0, 0.1) is 0 Å². The Hall–Kier alpha value is -1.66. The second-order valence-corrected chi connectivity index (χ2v) is 6.56. The lowest BCUT2D eigenvalue weighted by atomic mass is 10.3. The van der Waals surface area contributed by atoms with E-state index in [0.717, 1.165) is 27.4 Å². The molecule has 122 valence electrons. The van der Waals surface area contributed by atoms with Crippen LogP contribution in [0.5, 0.6) is 11.5 Å². The summed E-state index contributed by atoms with van der Waals surface area (Å²) in [7, 11) is 0. The largest absolute Gasteiger partial charge is 0.494 e. The van der Waals surface area contributed by atoms with Crippen molar-refractivity contribution in [3.05, 3.63) is 53.0 Å². The molecule has 0 saturated carbocycles. The van der Waals surface area contributed by atoms with Crippen LogP contribution >= 0.6 is 27.7 Å². The second-order valence-electron chi connectivity index (χ2n) is 4.53. The summed E-state index contributed by atoms with van der Waals surface area (Å²) >= 11 is 4.88. The molecule has 2 N–H and O–H groups in total. The van der Waals surface area contributed by atoms with Gasteiger partial charge in [-0.05, 0) is 49.4 Å². The number of ether oxygens (including phenoxy) is 2. The van der Waals surface area contributed by atoms with E-state index in [1.165, 1.54) is 11.8 Å². The Morgan fingerprint density at radius 2 is 1.91 bits per heavy atom. The Bertz CT molecular complexity index is 647. The fraction of sp³-hybridized carbons (Fsp3) is 0.235. The Kier molecular flexibility index (Phi) is 7.29. The number of nitrogens with two attached hydrogens (primary N) is 1. The van der Waals surface area contributed by atoms with Gasteiger partial charge in [0.1, 0.15) is 11.5 Å². The summed E-state index contributed by atoms with van der Waals surface area (Å²) in [5.74, 6) is 2.40. The van der Waals surface area contributed by atoms with Crippen LogP contribution in [-0.2, 0) is 0 Å². The van der Waals surface area contributed by atoms with Gasteiger partial charge in [-0.1, -0.05) is 33.8 Å². The van der Waals surface area contributed by atoms with Gasteiger partial charge in [0.2, 0.25) is 0 Å². The minimum absolute atomic E-state index is 0.520. The van der Waals surface area contributed by atoms with Crippen molar-refractivity contribution in [2.24, 2.45) is 10.7 Å². The average molecular weight is 395 g/mol. The van der Waals surface area contributed by atoms with Gasteiger partial charge < -0.3 is 15.2 Å². The number of halogens is 1. The molecule has 0 amide bonds. The highest BCUT2D eigenvalue weighted by atomic mass is 79.9. The van der Waals surface area contributed by atoms with Crippen LogP contribution < -0.4 is 15.2 Å². The van der Waals surface area contributed by atoms with Crippen molar-refractivity contribution < 1.29 is 9.47 Å². The molecule has 0 saturated heterocycles. The number of hydrogen-bond donors (Lipinski definition) is 1. The van der Waals surface area contributed by atoms with Crippen LogP contribution in [0.4, 0.5) is 5.69 Å². The SMILES string of the molecule is CCOc1ccc(N=C(N)SCCOc2cccc(Br)c2)cc1. The Morgan fingerprint density at radius 1 is 1.13 bits per heavy atom. The summed E-state index contributed by atoms with van der Waals surface area (Å²) in [6.45, 7) is 3.18. The molecular formula is C17H19BrN2O2S. The Labute approximate surface area is 149 Å². The van der Waals surface area contributed by atoms with E-state index in [9.17, 15) is 0 Å². The van der Waals surface area contributed by atoms with Gasteiger partial charge >= 0.3 is 0 Å². The number of amidine groups is 1. The third-order valence-corrected chi connectivity index (χ3v) is 4.04. The maximum Gasteiger partial charge on any atom is 0.159 e. The molecule has 2 aromatic carbocycles. The molecule has 0 radical (unpaired) electrons. The summed E-state index contributed by atoms with van der Waals surface area (Å²) in [6.07, 6.45) is 0. The third-order valence-electron chi connectivity index (χ3n) is 2.79. The lowest BCUT2D eigenvalue weighted by Crippen LogP contribution is -2.10. The van der Waals surface area contributed by atoms with Gasteiger partial charge in [0.05, 0.1) is 18.9 Å². The van der Waals surface area contributed by atoms with Crippen molar-refractivity contribution in [1.29, 1.82) is 0 Å². The van der Waals surface area contributed by atoms with E-state index in [4.69, 9.17) is 15.2 Å². The van der Waals surface area contributed by atoms with E-state index in [1.54, 1.807) is 0 Å². The highest BCUT2D eigenvalue weighted by molar-refractivity contribution is 9.10. The standard InChI is InChI=1S/C17H19BrN2O2S/c1-2-21-15-8-6-14(7-9-15)20-17(19)23-11-10-22-16-5-3-4-13(18)12-16/h3-9,12H,2,10-11H2,1H3,(H2,19,20). The van der Waals surface area contributed by atoms with E-state index >= 15 is 0 Å². The van der Waals surface area contributed by atoms with Gasteiger partial charge in [-0.2, -0.15) is 0 Å². The molecule has 0 atom stereocenters. The monoisotopic (exact) mass is 394 g/mol. The normalized spacial score (nSPS) is 11.3. The topological polar surface area (TPSA) is 56.8 Å². The Morgan fingerprint density at radius 3 is 2.61 bits per heavy atom. The zero-order chi connectivity index (χ0) is 16.5. The lowest BCUT2D eigenvalue weighted by Gasteiger charge is -2.06. The highest BCUT2D eigenvalue weighted by Gasteiger charge is 1.99. The fourth-order valence-electron chi connectivity index (χ4n) is 1.81. The molecule has 2 aromatic rings. The zero-order valence-corrected chi connectivity index (χ0v) is 15.3. The molecular weight excluding hydrogens is 376 g/mol. The maximum absolute atomic E-state index is 5.92. The molecule has 0 aliphatic carbocycles. The van der Waals surface area contributed by atoms with Crippen molar-refractivity contribution in [3.8, 4) is 11.5 Å². The molecule has 0 spiro atoms. The minimum atomic E-state index is 0.520. The zero-order valence-electron chi connectivity index (χ0n) is 12.9. The van der Waals surface area contributed by atoms with Crippen LogP contribution in [-0.4, -0.2) is 24.1 Å². The van der Waals surface area contributed by atoms with Gasteiger partial charge in [-0.25, -0.2) is 4.99 Å². The van der Waals surface area contributed by atoms with E-state index in [2.05, 4.69) is 20.9 Å². The first-order valence-electron chi connectivity index (χ1n) is 7.25. The molecule has 23 heavy (non-hydrogen) atoms. The summed E-state index contributed by atoms with van der Waals surface area (Å²) in [4.78, 5) is 4.36. The Balaban J connectivity index is 1.76. The maximum atomic E-state index is 5.92. The van der Waals surface area contributed by atoms with Gasteiger partial charge in [0, 0.05) is 10.2 Å². The van der Waals surface area contributed by atoms with Crippen LogP contribution in [0.2, 0.25) is 0 Å². The number of thioether (sulfide) groups is 1. The van der Waals surface area contributed by atoms with Crippen molar-refractivity contribution in [3.63, 3.8) is 0 Å². The molecule has 0 heterocycles. The predicted molar refractivity (Wildman–Crippen MR) is 101 cm³/mol. The summed E-state index contributed by atoms with van der Waals surface area (Å²) < 4.78 is 12.0. The van der Waals surface area contributed by atoms with Crippen LogP contribution in [0.25, 0.3) is 0 Å². The van der Waals surface area contributed by atoms with Crippen molar-refractivity contribution >= 4 is 38.5 Å². The van der Waals surface area contributed by atoms with E-state index in [0.29, 0.717) is 18.4 Å². The first-order valence-corrected chi connectivity index (χ1v) is 9.03. The molecule has 6 heteroatoms. The van der Waals surface area contributed by atoms with E-state index in [-0.39, 0.29) is 0 Å². The number of nitrogens with zero attached hydrogens (tertiary/aromatic N) is 1.